The number of nitrogens with zero attached hydrogens (tertiary/aromatic N) is 4. The second kappa shape index (κ2) is 6.68. The quantitative estimate of drug-likeness (QED) is 0.602. The van der Waals surface area contributed by atoms with Crippen molar-refractivity contribution in [2.24, 2.45) is 0 Å². The highest BCUT2D eigenvalue weighted by Gasteiger charge is 2.18. The largest absolute Gasteiger partial charge is 0.311 e. The van der Waals surface area contributed by atoms with Crippen LogP contribution in [0.5, 0.6) is 0 Å². The molecule has 1 amide bonds. The Labute approximate surface area is 155 Å². The number of hydrogen-bond acceptors (Lipinski definition) is 3. The van der Waals surface area contributed by atoms with Crippen molar-refractivity contribution in [2.75, 3.05) is 5.32 Å². The number of fused-ring (bicyclic) bond motifs is 1. The van der Waals surface area contributed by atoms with E-state index in [2.05, 4.69) is 15.4 Å². The highest BCUT2D eigenvalue weighted by molar-refractivity contribution is 5.88. The first-order valence-electron chi connectivity index (χ1n) is 8.56. The van der Waals surface area contributed by atoms with Crippen LogP contribution >= 0.6 is 0 Å². The van der Waals surface area contributed by atoms with E-state index in [0.29, 0.717) is 23.9 Å². The van der Waals surface area contributed by atoms with E-state index >= 15 is 0 Å². The number of carbonyl (C=O) groups is 1. The van der Waals surface area contributed by atoms with Crippen LogP contribution in [0.3, 0.4) is 0 Å². The Balaban J connectivity index is 1.91. The fourth-order valence-corrected chi connectivity index (χ4v) is 3.10. The van der Waals surface area contributed by atoms with Gasteiger partial charge in [-0.1, -0.05) is 30.3 Å². The van der Waals surface area contributed by atoms with Crippen molar-refractivity contribution in [1.82, 2.24) is 19.3 Å². The monoisotopic (exact) mass is 363 g/mol. The SMILES string of the molecule is CC(=O)Nc1cc(C)nn1-c1nc2ccccc2n1Cc1ccccc1F. The Bertz CT molecular complexity index is 1140. The fourth-order valence-electron chi connectivity index (χ4n) is 3.10. The number of nitrogens with one attached hydrogen (secondary N) is 1. The molecule has 0 bridgehead atoms. The van der Waals surface area contributed by atoms with Gasteiger partial charge < -0.3 is 9.88 Å². The number of imidazole rings is 1. The van der Waals surface area contributed by atoms with Crippen LogP contribution in [0.4, 0.5) is 10.2 Å². The van der Waals surface area contributed by atoms with Gasteiger partial charge in [0, 0.05) is 18.6 Å². The number of amides is 1. The second-order valence-electron chi connectivity index (χ2n) is 6.34. The molecule has 4 rings (SSSR count). The van der Waals surface area contributed by atoms with E-state index in [1.165, 1.54) is 13.0 Å². The first-order chi connectivity index (χ1) is 13.0. The minimum atomic E-state index is -0.278. The van der Waals surface area contributed by atoms with Crippen LogP contribution in [-0.2, 0) is 11.3 Å². The normalized spacial score (nSPS) is 11.1. The van der Waals surface area contributed by atoms with E-state index in [9.17, 15) is 9.18 Å². The maximum Gasteiger partial charge on any atom is 0.234 e. The Morgan fingerprint density at radius 3 is 2.67 bits per heavy atom. The summed E-state index contributed by atoms with van der Waals surface area (Å²) < 4.78 is 17.7. The summed E-state index contributed by atoms with van der Waals surface area (Å²) >= 11 is 0. The van der Waals surface area contributed by atoms with Gasteiger partial charge in [-0.3, -0.25) is 4.79 Å². The summed E-state index contributed by atoms with van der Waals surface area (Å²) in [5.74, 6) is 0.550. The highest BCUT2D eigenvalue weighted by Crippen LogP contribution is 2.24. The molecule has 0 unspecified atom stereocenters. The van der Waals surface area contributed by atoms with Crippen LogP contribution in [0, 0.1) is 12.7 Å². The zero-order chi connectivity index (χ0) is 19.0. The lowest BCUT2D eigenvalue weighted by atomic mass is 10.2. The Morgan fingerprint density at radius 2 is 1.89 bits per heavy atom. The Hall–Kier alpha value is -3.48. The molecule has 0 radical (unpaired) electrons. The number of benzene rings is 2. The maximum atomic E-state index is 14.3. The number of rotatable bonds is 4. The number of carbonyl (C=O) groups excluding carboxylic acids is 1. The van der Waals surface area contributed by atoms with Gasteiger partial charge in [0.1, 0.15) is 11.6 Å². The van der Waals surface area contributed by atoms with E-state index in [1.807, 2.05) is 35.8 Å². The summed E-state index contributed by atoms with van der Waals surface area (Å²) in [7, 11) is 0. The molecule has 4 aromatic rings. The molecule has 7 heteroatoms. The topological polar surface area (TPSA) is 64.7 Å². The molecule has 0 saturated carbocycles. The molecule has 0 atom stereocenters. The minimum Gasteiger partial charge on any atom is -0.311 e. The van der Waals surface area contributed by atoms with Crippen LogP contribution in [0.1, 0.15) is 18.2 Å². The van der Waals surface area contributed by atoms with Crippen LogP contribution in [-0.4, -0.2) is 25.2 Å². The van der Waals surface area contributed by atoms with Crippen LogP contribution in [0.15, 0.2) is 54.6 Å². The molecule has 0 aliphatic carbocycles. The van der Waals surface area contributed by atoms with Gasteiger partial charge in [0.25, 0.3) is 0 Å². The van der Waals surface area contributed by atoms with Crippen LogP contribution < -0.4 is 5.32 Å². The van der Waals surface area contributed by atoms with Crippen molar-refractivity contribution in [3.8, 4) is 5.95 Å². The average Bonchev–Trinajstić information content (AvgIpc) is 3.17. The van der Waals surface area contributed by atoms with Gasteiger partial charge in [0.15, 0.2) is 0 Å². The van der Waals surface area contributed by atoms with Crippen LogP contribution in [0.2, 0.25) is 0 Å². The predicted molar refractivity (Wildman–Crippen MR) is 101 cm³/mol. The Kier molecular flexibility index (Phi) is 4.19. The Morgan fingerprint density at radius 1 is 1.15 bits per heavy atom. The van der Waals surface area contributed by atoms with E-state index < -0.39 is 0 Å². The summed E-state index contributed by atoms with van der Waals surface area (Å²) in [6.07, 6.45) is 0. The maximum absolute atomic E-state index is 14.3. The molecule has 2 aromatic carbocycles. The molecule has 1 N–H and O–H groups in total. The van der Waals surface area contributed by atoms with Crippen molar-refractivity contribution in [2.45, 2.75) is 20.4 Å². The molecule has 0 spiro atoms. The minimum absolute atomic E-state index is 0.201. The van der Waals surface area contributed by atoms with Crippen molar-refractivity contribution < 1.29 is 9.18 Å². The number of hydrogen-bond donors (Lipinski definition) is 1. The number of halogens is 1. The lowest BCUT2D eigenvalue weighted by Gasteiger charge is -2.12. The summed E-state index contributed by atoms with van der Waals surface area (Å²) in [4.78, 5) is 16.2. The molecular weight excluding hydrogens is 345 g/mol. The van der Waals surface area contributed by atoms with E-state index in [1.54, 1.807) is 28.9 Å². The number of aromatic nitrogens is 4. The van der Waals surface area contributed by atoms with Crippen molar-refractivity contribution in [1.29, 1.82) is 0 Å². The smallest absolute Gasteiger partial charge is 0.234 e. The molecular formula is C20H18FN5O. The molecule has 2 heterocycles. The van der Waals surface area contributed by atoms with Gasteiger partial charge in [-0.15, -0.1) is 0 Å². The molecule has 6 nitrogen and oxygen atoms in total. The van der Waals surface area contributed by atoms with Gasteiger partial charge >= 0.3 is 0 Å². The summed E-state index contributed by atoms with van der Waals surface area (Å²) in [6, 6.07) is 16.1. The summed E-state index contributed by atoms with van der Waals surface area (Å²) in [6.45, 7) is 3.57. The van der Waals surface area contributed by atoms with Gasteiger partial charge in [0.2, 0.25) is 11.9 Å². The van der Waals surface area contributed by atoms with Gasteiger partial charge in [-0.05, 0) is 25.1 Å². The van der Waals surface area contributed by atoms with E-state index in [-0.39, 0.29) is 11.7 Å². The molecule has 0 aliphatic heterocycles. The molecule has 27 heavy (non-hydrogen) atoms. The first-order valence-corrected chi connectivity index (χ1v) is 8.56. The number of aryl methyl sites for hydroxylation is 1. The molecule has 136 valence electrons. The molecule has 0 saturated heterocycles. The van der Waals surface area contributed by atoms with E-state index in [0.717, 1.165) is 16.7 Å². The number of anilines is 1. The fraction of sp³-hybridized carbons (Fsp3) is 0.150. The summed E-state index contributed by atoms with van der Waals surface area (Å²) in [5, 5.41) is 7.25. The zero-order valence-corrected chi connectivity index (χ0v) is 15.0. The molecule has 2 aromatic heterocycles. The van der Waals surface area contributed by atoms with Crippen molar-refractivity contribution in [3.05, 3.63) is 71.7 Å². The standard InChI is InChI=1S/C20H18FN5O/c1-13-11-19(22-14(2)27)26(24-13)20-23-17-9-5-6-10-18(17)25(20)12-15-7-3-4-8-16(15)21/h3-11H,12H2,1-2H3,(H,22,27). The molecule has 0 aliphatic rings. The lowest BCUT2D eigenvalue weighted by Crippen LogP contribution is -2.15. The van der Waals surface area contributed by atoms with Crippen molar-refractivity contribution >= 4 is 22.8 Å². The first kappa shape index (κ1) is 17.0. The van der Waals surface area contributed by atoms with Crippen molar-refractivity contribution in [3.63, 3.8) is 0 Å². The number of para-hydroxylation sites is 2. The third kappa shape index (κ3) is 3.19. The second-order valence-corrected chi connectivity index (χ2v) is 6.34. The van der Waals surface area contributed by atoms with Gasteiger partial charge in [-0.25, -0.2) is 9.37 Å². The zero-order valence-electron chi connectivity index (χ0n) is 15.0. The summed E-state index contributed by atoms with van der Waals surface area (Å²) in [5.41, 5.74) is 2.92. The van der Waals surface area contributed by atoms with E-state index in [4.69, 9.17) is 0 Å². The lowest BCUT2D eigenvalue weighted by molar-refractivity contribution is -0.114. The third-order valence-electron chi connectivity index (χ3n) is 4.25. The van der Waals surface area contributed by atoms with Gasteiger partial charge in [-0.2, -0.15) is 9.78 Å². The van der Waals surface area contributed by atoms with Gasteiger partial charge in [0.05, 0.1) is 23.3 Å². The third-order valence-corrected chi connectivity index (χ3v) is 4.25. The predicted octanol–water partition coefficient (Wildman–Crippen LogP) is 3.68. The highest BCUT2D eigenvalue weighted by atomic mass is 19.1. The average molecular weight is 363 g/mol. The molecule has 0 fully saturated rings. The van der Waals surface area contributed by atoms with Crippen LogP contribution in [0.25, 0.3) is 17.0 Å².